The van der Waals surface area contributed by atoms with Crippen LogP contribution in [0.25, 0.3) is 0 Å². The highest BCUT2D eigenvalue weighted by atomic mass is 16.6. The average molecular weight is 591 g/mol. The van der Waals surface area contributed by atoms with Crippen LogP contribution in [0.2, 0.25) is 0 Å². The number of esters is 1. The van der Waals surface area contributed by atoms with Crippen molar-refractivity contribution < 1.29 is 49.1 Å². The van der Waals surface area contributed by atoms with Crippen LogP contribution in [0.5, 0.6) is 0 Å². The van der Waals surface area contributed by atoms with Crippen molar-refractivity contribution in [1.82, 2.24) is 0 Å². The van der Waals surface area contributed by atoms with E-state index in [1.807, 2.05) is 6.92 Å². The van der Waals surface area contributed by atoms with Crippen LogP contribution in [-0.2, 0) is 28.7 Å². The molecule has 0 unspecified atom stereocenters. The largest absolute Gasteiger partial charge is 0.481 e. The Hall–Kier alpha value is -2.85. The van der Waals surface area contributed by atoms with E-state index in [4.69, 9.17) is 4.74 Å². The first-order chi connectivity index (χ1) is 18.9. The highest BCUT2D eigenvalue weighted by Crippen LogP contribution is 2.73. The summed E-state index contributed by atoms with van der Waals surface area (Å²) in [5, 5.41) is 43.1. The second-order valence-electron chi connectivity index (χ2n) is 14.5. The predicted octanol–water partition coefficient (Wildman–Crippen LogP) is 3.72. The van der Waals surface area contributed by atoms with Crippen molar-refractivity contribution in [2.75, 3.05) is 0 Å². The smallest absolute Gasteiger partial charge is 0.313 e. The molecule has 2 fully saturated rings. The number of hydrogen-bond donors (Lipinski definition) is 4. The summed E-state index contributed by atoms with van der Waals surface area (Å²) in [5.74, 6) is -6.23. The number of hydrogen-bond acceptors (Lipinski definition) is 8. The van der Waals surface area contributed by atoms with Gasteiger partial charge < -0.3 is 25.2 Å². The molecule has 8 atom stereocenters. The molecule has 234 valence electrons. The van der Waals surface area contributed by atoms with Gasteiger partial charge in [-0.3, -0.25) is 24.0 Å². The lowest BCUT2D eigenvalue weighted by molar-refractivity contribution is -0.182. The van der Waals surface area contributed by atoms with Crippen LogP contribution in [0.1, 0.15) is 88.0 Å². The second-order valence-corrected chi connectivity index (χ2v) is 14.5. The third kappa shape index (κ3) is 5.04. The van der Waals surface area contributed by atoms with Gasteiger partial charge in [0, 0.05) is 30.6 Å². The van der Waals surface area contributed by atoms with Gasteiger partial charge in [-0.2, -0.15) is 0 Å². The Balaban J connectivity index is 2.12. The number of carbonyl (C=O) groups excluding carboxylic acids is 3. The number of rotatable bonds is 9. The van der Waals surface area contributed by atoms with Crippen LogP contribution in [0, 0.1) is 39.4 Å². The molecule has 2 saturated carbocycles. The van der Waals surface area contributed by atoms with E-state index in [0.29, 0.717) is 5.57 Å². The molecule has 10 nitrogen and oxygen atoms in total. The zero-order valence-corrected chi connectivity index (χ0v) is 26.1. The number of allylic oxidation sites excluding steroid dienone is 1. The van der Waals surface area contributed by atoms with Gasteiger partial charge in [0.2, 0.25) is 0 Å². The fourth-order valence-electron chi connectivity index (χ4n) is 8.76. The SMILES string of the molecule is CC(=O)OC(C)(C)/C=C/C(=O)[C@](C)(O)[C@@H]1[C@H](O)C[C@]2(C)[C@@H]3CC=C(C(C)(C)C(=O)O)[C@H](CC(=O)O)[C@]3(C)C(=O)C[C@]12C. The van der Waals surface area contributed by atoms with E-state index in [2.05, 4.69) is 0 Å². The summed E-state index contributed by atoms with van der Waals surface area (Å²) in [6.45, 7) is 14.2. The fraction of sp³-hybridized carbons (Fsp3) is 0.719. The lowest BCUT2D eigenvalue weighted by Crippen LogP contribution is -2.64. The Morgan fingerprint density at radius 3 is 2.12 bits per heavy atom. The molecule has 0 saturated heterocycles. The number of ketones is 2. The van der Waals surface area contributed by atoms with Gasteiger partial charge in [-0.1, -0.05) is 32.4 Å². The Labute approximate surface area is 247 Å². The minimum absolute atomic E-state index is 0.138. The normalized spacial score (nSPS) is 36.5. The van der Waals surface area contributed by atoms with E-state index in [1.165, 1.54) is 33.8 Å². The topological polar surface area (TPSA) is 176 Å². The molecule has 0 spiro atoms. The summed E-state index contributed by atoms with van der Waals surface area (Å²) in [6, 6.07) is 0. The van der Waals surface area contributed by atoms with Crippen LogP contribution in [0.15, 0.2) is 23.8 Å². The fourth-order valence-corrected chi connectivity index (χ4v) is 8.76. The number of aliphatic carboxylic acids is 2. The zero-order valence-electron chi connectivity index (χ0n) is 26.1. The molecule has 0 aromatic carbocycles. The van der Waals surface area contributed by atoms with Crippen LogP contribution < -0.4 is 0 Å². The Bertz CT molecular complexity index is 1260. The summed E-state index contributed by atoms with van der Waals surface area (Å²) in [6.07, 6.45) is 2.95. The van der Waals surface area contributed by atoms with Gasteiger partial charge in [0.15, 0.2) is 5.78 Å². The van der Waals surface area contributed by atoms with Crippen LogP contribution in [-0.4, -0.2) is 67.2 Å². The molecule has 0 heterocycles. The van der Waals surface area contributed by atoms with Crippen molar-refractivity contribution in [3.63, 3.8) is 0 Å². The Kier molecular flexibility index (Phi) is 8.33. The molecular formula is C32H46O10. The molecule has 0 aromatic rings. The first-order valence-electron chi connectivity index (χ1n) is 14.4. The lowest BCUT2D eigenvalue weighted by Gasteiger charge is -2.63. The van der Waals surface area contributed by atoms with Gasteiger partial charge in [0.05, 0.1) is 17.9 Å². The molecule has 3 rings (SSSR count). The molecule has 0 radical (unpaired) electrons. The van der Waals surface area contributed by atoms with Gasteiger partial charge in [0.1, 0.15) is 17.0 Å². The van der Waals surface area contributed by atoms with E-state index in [-0.39, 0.29) is 25.0 Å². The number of aliphatic hydroxyl groups excluding tert-OH is 1. The maximum Gasteiger partial charge on any atom is 0.313 e. The standard InChI is InChI=1S/C32H46O10/c1-17(33)42-27(2,3)13-12-22(35)32(9,41)25-20(34)15-29(6)21-11-10-18(28(4,5)26(39)40)19(14-24(37)38)31(21,8)23(36)16-30(25,29)7/h10,12-13,19-21,25,34,41H,11,14-16H2,1-9H3,(H,37,38)(H,39,40)/b13-12+/t19-,20+,21-,25+,29+,30+,31-,32-/m0/s1. The second kappa shape index (κ2) is 10.4. The number of Topliss-reactive ketones (excluding diaryl/α,β-unsaturated/α-hetero) is 1. The first kappa shape index (κ1) is 33.6. The number of aliphatic hydroxyl groups is 2. The van der Waals surface area contributed by atoms with Gasteiger partial charge in [-0.25, -0.2) is 0 Å². The molecular weight excluding hydrogens is 544 g/mol. The van der Waals surface area contributed by atoms with Gasteiger partial charge in [-0.15, -0.1) is 0 Å². The Morgan fingerprint density at radius 1 is 1.05 bits per heavy atom. The zero-order chi connectivity index (χ0) is 32.4. The highest BCUT2D eigenvalue weighted by molar-refractivity contribution is 5.97. The van der Waals surface area contributed by atoms with Crippen LogP contribution in [0.3, 0.4) is 0 Å². The molecule has 0 bridgehead atoms. The number of fused-ring (bicyclic) bond motifs is 3. The van der Waals surface area contributed by atoms with Crippen molar-refractivity contribution >= 4 is 29.5 Å². The molecule has 10 heteroatoms. The monoisotopic (exact) mass is 590 g/mol. The van der Waals surface area contributed by atoms with Crippen molar-refractivity contribution in [1.29, 1.82) is 0 Å². The number of carboxylic acid groups (broad SMARTS) is 2. The molecule has 3 aliphatic carbocycles. The maximum absolute atomic E-state index is 14.3. The predicted molar refractivity (Wildman–Crippen MR) is 152 cm³/mol. The molecule has 4 N–H and O–H groups in total. The van der Waals surface area contributed by atoms with Crippen molar-refractivity contribution in [3.05, 3.63) is 23.8 Å². The van der Waals surface area contributed by atoms with Crippen molar-refractivity contribution in [2.45, 2.75) is 105 Å². The number of carbonyl (C=O) groups is 5. The number of carboxylic acids is 2. The molecule has 0 aromatic heterocycles. The van der Waals surface area contributed by atoms with Crippen molar-refractivity contribution in [2.24, 2.45) is 39.4 Å². The minimum atomic E-state index is -2.09. The lowest BCUT2D eigenvalue weighted by atomic mass is 9.39. The van der Waals surface area contributed by atoms with Gasteiger partial charge in [0.25, 0.3) is 0 Å². The van der Waals surface area contributed by atoms with Crippen LogP contribution in [0.4, 0.5) is 0 Å². The Morgan fingerprint density at radius 2 is 1.62 bits per heavy atom. The summed E-state index contributed by atoms with van der Waals surface area (Å²) in [4.78, 5) is 63.5. The van der Waals surface area contributed by atoms with Gasteiger partial charge >= 0.3 is 17.9 Å². The van der Waals surface area contributed by atoms with E-state index >= 15 is 0 Å². The first-order valence-corrected chi connectivity index (χ1v) is 14.4. The maximum atomic E-state index is 14.3. The molecule has 42 heavy (non-hydrogen) atoms. The molecule has 0 amide bonds. The molecule has 0 aliphatic heterocycles. The highest BCUT2D eigenvalue weighted by Gasteiger charge is 2.74. The third-order valence-corrected chi connectivity index (χ3v) is 11.1. The van der Waals surface area contributed by atoms with E-state index in [1.54, 1.807) is 33.8 Å². The summed E-state index contributed by atoms with van der Waals surface area (Å²) in [7, 11) is 0. The summed E-state index contributed by atoms with van der Waals surface area (Å²) >= 11 is 0. The van der Waals surface area contributed by atoms with Crippen molar-refractivity contribution in [3.8, 4) is 0 Å². The quantitative estimate of drug-likeness (QED) is 0.176. The minimum Gasteiger partial charge on any atom is -0.481 e. The third-order valence-electron chi connectivity index (χ3n) is 11.1. The molecule has 3 aliphatic rings. The van der Waals surface area contributed by atoms with Crippen LogP contribution >= 0.6 is 0 Å². The summed E-state index contributed by atoms with van der Waals surface area (Å²) < 4.78 is 5.20. The van der Waals surface area contributed by atoms with E-state index in [0.717, 1.165) is 6.08 Å². The van der Waals surface area contributed by atoms with E-state index in [9.17, 15) is 44.4 Å². The average Bonchev–Trinajstić information content (AvgIpc) is 3.02. The van der Waals surface area contributed by atoms with Gasteiger partial charge in [-0.05, 0) is 76.4 Å². The summed E-state index contributed by atoms with van der Waals surface area (Å²) in [5.41, 5.74) is -7.36. The van der Waals surface area contributed by atoms with E-state index < -0.39 is 86.8 Å². The number of ether oxygens (including phenoxy) is 1.